The third-order valence-corrected chi connectivity index (χ3v) is 6.68. The maximum atomic E-state index is 4.91. The normalized spacial score (nSPS) is 21.7. The van der Waals surface area contributed by atoms with E-state index in [0.29, 0.717) is 5.92 Å². The van der Waals surface area contributed by atoms with Gasteiger partial charge in [0.05, 0.1) is 5.52 Å². The van der Waals surface area contributed by atoms with E-state index in [1.165, 1.54) is 33.7 Å². The van der Waals surface area contributed by atoms with Gasteiger partial charge in [-0.25, -0.2) is 0 Å². The maximum Gasteiger partial charge on any atom is 0.0783 e. The molecule has 0 fully saturated rings. The van der Waals surface area contributed by atoms with Crippen molar-refractivity contribution >= 4 is 21.7 Å². The fourth-order valence-electron chi connectivity index (χ4n) is 4.79. The fraction of sp³-hybridized carbons (Fsp3) is 0.409. The molecule has 1 aliphatic carbocycles. The van der Waals surface area contributed by atoms with E-state index in [-0.39, 0.29) is 10.8 Å². The molecule has 0 saturated carbocycles. The molecule has 0 N–H and O–H groups in total. The first-order chi connectivity index (χ1) is 10.9. The van der Waals surface area contributed by atoms with Gasteiger partial charge in [0.25, 0.3) is 0 Å². The molecule has 0 radical (unpaired) electrons. The van der Waals surface area contributed by atoms with Crippen molar-refractivity contribution in [2.75, 3.05) is 0 Å². The lowest BCUT2D eigenvalue weighted by Crippen LogP contribution is -2.34. The van der Waals surface area contributed by atoms with Crippen LogP contribution >= 0.6 is 0 Å². The molecule has 23 heavy (non-hydrogen) atoms. The molecule has 1 nitrogen and oxygen atoms in total. The molecule has 3 aromatic rings. The summed E-state index contributed by atoms with van der Waals surface area (Å²) in [5.41, 5.74) is 4.52. The number of pyridine rings is 1. The first-order valence-corrected chi connectivity index (χ1v) is 8.70. The molecular formula is C22H25N. The summed E-state index contributed by atoms with van der Waals surface area (Å²) in [4.78, 5) is 4.91. The van der Waals surface area contributed by atoms with Crippen LogP contribution in [0.3, 0.4) is 0 Å². The summed E-state index contributed by atoms with van der Waals surface area (Å²) < 4.78 is 0. The Morgan fingerprint density at radius 1 is 0.957 bits per heavy atom. The Hall–Kier alpha value is -1.89. The van der Waals surface area contributed by atoms with E-state index in [1.54, 1.807) is 0 Å². The van der Waals surface area contributed by atoms with Gasteiger partial charge in [-0.1, -0.05) is 71.0 Å². The Morgan fingerprint density at radius 2 is 1.70 bits per heavy atom. The van der Waals surface area contributed by atoms with Crippen LogP contribution in [0.25, 0.3) is 21.7 Å². The number of benzene rings is 2. The van der Waals surface area contributed by atoms with Gasteiger partial charge in [-0.2, -0.15) is 0 Å². The Labute approximate surface area is 138 Å². The Morgan fingerprint density at radius 3 is 2.43 bits per heavy atom. The van der Waals surface area contributed by atoms with Gasteiger partial charge in [0, 0.05) is 17.0 Å². The summed E-state index contributed by atoms with van der Waals surface area (Å²) in [6.07, 6.45) is 3.33. The fourth-order valence-corrected chi connectivity index (χ4v) is 4.79. The molecule has 4 rings (SSSR count). The van der Waals surface area contributed by atoms with Crippen molar-refractivity contribution in [1.82, 2.24) is 4.98 Å². The SMILES string of the molecule is CCC1c2cnc3c(ccc4ccccc43)c2C(C)(C)C1(C)C. The first kappa shape index (κ1) is 14.7. The van der Waals surface area contributed by atoms with Crippen molar-refractivity contribution in [3.63, 3.8) is 0 Å². The largest absolute Gasteiger partial charge is 0.255 e. The van der Waals surface area contributed by atoms with Gasteiger partial charge in [-0.3, -0.25) is 4.98 Å². The Balaban J connectivity index is 2.15. The van der Waals surface area contributed by atoms with Crippen LogP contribution in [0, 0.1) is 5.41 Å². The summed E-state index contributed by atoms with van der Waals surface area (Å²) in [5, 5.41) is 3.88. The van der Waals surface area contributed by atoms with Gasteiger partial charge in [-0.05, 0) is 39.7 Å². The van der Waals surface area contributed by atoms with E-state index in [4.69, 9.17) is 4.98 Å². The number of hydrogen-bond donors (Lipinski definition) is 0. The van der Waals surface area contributed by atoms with Crippen molar-refractivity contribution < 1.29 is 0 Å². The highest BCUT2D eigenvalue weighted by Crippen LogP contribution is 2.60. The topological polar surface area (TPSA) is 12.9 Å². The van der Waals surface area contributed by atoms with E-state index in [1.807, 2.05) is 0 Å². The average molecular weight is 303 g/mol. The Bertz CT molecular complexity index is 918. The van der Waals surface area contributed by atoms with Crippen molar-refractivity contribution in [3.05, 3.63) is 53.7 Å². The zero-order chi connectivity index (χ0) is 16.4. The van der Waals surface area contributed by atoms with Crippen molar-refractivity contribution in [2.45, 2.75) is 52.4 Å². The Kier molecular flexibility index (Phi) is 2.91. The molecule has 0 spiro atoms. The molecule has 118 valence electrons. The highest BCUT2D eigenvalue weighted by atomic mass is 14.7. The quantitative estimate of drug-likeness (QED) is 0.488. The zero-order valence-corrected chi connectivity index (χ0v) is 14.8. The minimum Gasteiger partial charge on any atom is -0.255 e. The molecule has 1 heterocycles. The third kappa shape index (κ3) is 1.71. The molecule has 1 unspecified atom stereocenters. The smallest absolute Gasteiger partial charge is 0.0783 e. The van der Waals surface area contributed by atoms with Crippen molar-refractivity contribution in [3.8, 4) is 0 Å². The molecule has 1 aliphatic rings. The second-order valence-corrected chi connectivity index (χ2v) is 8.08. The first-order valence-electron chi connectivity index (χ1n) is 8.70. The van der Waals surface area contributed by atoms with E-state index in [0.717, 1.165) is 5.52 Å². The second-order valence-electron chi connectivity index (χ2n) is 8.08. The van der Waals surface area contributed by atoms with Gasteiger partial charge in [-0.15, -0.1) is 0 Å². The van der Waals surface area contributed by atoms with Crippen LogP contribution in [0.2, 0.25) is 0 Å². The summed E-state index contributed by atoms with van der Waals surface area (Å²) in [7, 11) is 0. The minimum atomic E-state index is 0.145. The molecule has 0 amide bonds. The van der Waals surface area contributed by atoms with Gasteiger partial charge in [0.2, 0.25) is 0 Å². The number of hydrogen-bond acceptors (Lipinski definition) is 1. The summed E-state index contributed by atoms with van der Waals surface area (Å²) >= 11 is 0. The number of nitrogens with zero attached hydrogens (tertiary/aromatic N) is 1. The lowest BCUT2D eigenvalue weighted by Gasteiger charge is -2.39. The average Bonchev–Trinajstić information content (AvgIpc) is 2.69. The lowest BCUT2D eigenvalue weighted by molar-refractivity contribution is 0.179. The van der Waals surface area contributed by atoms with Crippen molar-refractivity contribution in [2.24, 2.45) is 5.41 Å². The molecule has 1 atom stereocenters. The van der Waals surface area contributed by atoms with Crippen LogP contribution in [0.5, 0.6) is 0 Å². The van der Waals surface area contributed by atoms with Gasteiger partial charge < -0.3 is 0 Å². The predicted molar refractivity (Wildman–Crippen MR) is 99.1 cm³/mol. The number of aromatic nitrogens is 1. The maximum absolute atomic E-state index is 4.91. The lowest BCUT2D eigenvalue weighted by atomic mass is 9.64. The van der Waals surface area contributed by atoms with E-state index in [2.05, 4.69) is 77.2 Å². The molecule has 1 heteroatoms. The molecule has 2 aromatic carbocycles. The van der Waals surface area contributed by atoms with Gasteiger partial charge in [0.1, 0.15) is 0 Å². The van der Waals surface area contributed by atoms with Crippen LogP contribution in [-0.2, 0) is 5.41 Å². The van der Waals surface area contributed by atoms with E-state index < -0.39 is 0 Å². The van der Waals surface area contributed by atoms with E-state index >= 15 is 0 Å². The summed E-state index contributed by atoms with van der Waals surface area (Å²) in [6.45, 7) is 12.0. The molecule has 0 saturated heterocycles. The van der Waals surface area contributed by atoms with E-state index in [9.17, 15) is 0 Å². The summed E-state index contributed by atoms with van der Waals surface area (Å²) in [5.74, 6) is 0.580. The highest BCUT2D eigenvalue weighted by molar-refractivity contribution is 6.06. The highest BCUT2D eigenvalue weighted by Gasteiger charge is 2.52. The van der Waals surface area contributed by atoms with Gasteiger partial charge in [0.15, 0.2) is 0 Å². The van der Waals surface area contributed by atoms with Crippen molar-refractivity contribution in [1.29, 1.82) is 0 Å². The molecular weight excluding hydrogens is 278 g/mol. The van der Waals surface area contributed by atoms with Crippen LogP contribution in [0.1, 0.15) is 58.1 Å². The molecule has 1 aromatic heterocycles. The van der Waals surface area contributed by atoms with Crippen LogP contribution < -0.4 is 0 Å². The summed E-state index contributed by atoms with van der Waals surface area (Å²) in [6, 6.07) is 13.1. The number of fused-ring (bicyclic) bond motifs is 5. The van der Waals surface area contributed by atoms with Crippen LogP contribution in [0.15, 0.2) is 42.6 Å². The predicted octanol–water partition coefficient (Wildman–Crippen LogP) is 6.20. The van der Waals surface area contributed by atoms with Gasteiger partial charge >= 0.3 is 0 Å². The molecule has 0 bridgehead atoms. The monoisotopic (exact) mass is 303 g/mol. The standard InChI is InChI=1S/C22H25N/c1-6-18-17-13-23-20-15-10-8-7-9-14(15)11-12-16(20)19(17)22(4,5)21(18,2)3/h7-13,18H,6H2,1-5H3. The number of rotatable bonds is 1. The third-order valence-electron chi connectivity index (χ3n) is 6.68. The molecule has 0 aliphatic heterocycles. The second kappa shape index (κ2) is 4.56. The van der Waals surface area contributed by atoms with Crippen LogP contribution in [0.4, 0.5) is 0 Å². The zero-order valence-electron chi connectivity index (χ0n) is 14.8. The minimum absolute atomic E-state index is 0.145. The van der Waals surface area contributed by atoms with Crippen LogP contribution in [-0.4, -0.2) is 4.98 Å².